The average Bonchev–Trinajstić information content (AvgIpc) is 3.40. The molecule has 31 heavy (non-hydrogen) atoms. The highest BCUT2D eigenvalue weighted by molar-refractivity contribution is 8.01. The Hall–Kier alpha value is -3.30. The first-order valence-corrected chi connectivity index (χ1v) is 11.1. The molecule has 7 nitrogen and oxygen atoms in total. The quantitative estimate of drug-likeness (QED) is 0.291. The van der Waals surface area contributed by atoms with Crippen molar-refractivity contribution in [3.63, 3.8) is 0 Å². The number of hydrogen-bond donors (Lipinski definition) is 1. The standard InChI is InChI=1S/C22H19N3O4S2/c1-3-28-16-7-9-18-19(12-16)30-22(24-18)31-20-10-8-17(29-20)13-23-25-21(26)14-5-4-6-15(11-14)27-2/h4-13H,3H2,1-2H3,(H,25,26)/b23-13-. The first-order chi connectivity index (χ1) is 15.1. The van der Waals surface area contributed by atoms with E-state index in [2.05, 4.69) is 15.5 Å². The molecule has 2 aromatic carbocycles. The third-order valence-corrected chi connectivity index (χ3v) is 6.13. The number of nitrogens with one attached hydrogen (secondary N) is 1. The number of hydrazone groups is 1. The van der Waals surface area contributed by atoms with Gasteiger partial charge >= 0.3 is 0 Å². The summed E-state index contributed by atoms with van der Waals surface area (Å²) in [5, 5.41) is 4.65. The minimum atomic E-state index is -0.336. The monoisotopic (exact) mass is 453 g/mol. The van der Waals surface area contributed by atoms with Crippen molar-refractivity contribution in [2.45, 2.75) is 16.4 Å². The molecular formula is C22H19N3O4S2. The summed E-state index contributed by atoms with van der Waals surface area (Å²) in [6.07, 6.45) is 1.45. The minimum absolute atomic E-state index is 0.336. The van der Waals surface area contributed by atoms with E-state index in [1.807, 2.05) is 31.2 Å². The Balaban J connectivity index is 1.37. The maximum Gasteiger partial charge on any atom is 0.271 e. The summed E-state index contributed by atoms with van der Waals surface area (Å²) < 4.78 is 18.3. The number of aromatic nitrogens is 1. The van der Waals surface area contributed by atoms with Crippen molar-refractivity contribution in [2.75, 3.05) is 13.7 Å². The number of amides is 1. The Morgan fingerprint density at radius 3 is 2.97 bits per heavy atom. The van der Waals surface area contributed by atoms with Gasteiger partial charge in [-0.25, -0.2) is 10.4 Å². The predicted octanol–water partition coefficient (Wildman–Crippen LogP) is 5.21. The van der Waals surface area contributed by atoms with Crippen LogP contribution < -0.4 is 14.9 Å². The van der Waals surface area contributed by atoms with Crippen LogP contribution in [0.15, 0.2) is 73.5 Å². The molecule has 0 atom stereocenters. The van der Waals surface area contributed by atoms with Gasteiger partial charge in [-0.2, -0.15) is 5.10 Å². The summed E-state index contributed by atoms with van der Waals surface area (Å²) in [5.74, 6) is 1.63. The fourth-order valence-corrected chi connectivity index (χ4v) is 4.71. The van der Waals surface area contributed by atoms with Crippen molar-refractivity contribution < 1.29 is 18.7 Å². The van der Waals surface area contributed by atoms with E-state index in [0.29, 0.717) is 28.8 Å². The summed E-state index contributed by atoms with van der Waals surface area (Å²) in [6.45, 7) is 2.59. The van der Waals surface area contributed by atoms with Gasteiger partial charge in [0.25, 0.3) is 5.91 Å². The largest absolute Gasteiger partial charge is 0.497 e. The van der Waals surface area contributed by atoms with Crippen LogP contribution >= 0.6 is 23.1 Å². The van der Waals surface area contributed by atoms with E-state index in [9.17, 15) is 4.79 Å². The molecule has 158 valence electrons. The lowest BCUT2D eigenvalue weighted by atomic mass is 10.2. The van der Waals surface area contributed by atoms with Crippen LogP contribution in [0.1, 0.15) is 23.0 Å². The molecule has 0 unspecified atom stereocenters. The number of carbonyl (C=O) groups is 1. The van der Waals surface area contributed by atoms with Gasteiger partial charge < -0.3 is 13.9 Å². The van der Waals surface area contributed by atoms with E-state index in [1.165, 1.54) is 18.0 Å². The Labute approximate surface area is 187 Å². The van der Waals surface area contributed by atoms with Gasteiger partial charge in [0.15, 0.2) is 9.43 Å². The van der Waals surface area contributed by atoms with Gasteiger partial charge in [-0.1, -0.05) is 6.07 Å². The number of rotatable bonds is 8. The average molecular weight is 454 g/mol. The van der Waals surface area contributed by atoms with Crippen molar-refractivity contribution in [1.29, 1.82) is 0 Å². The molecule has 0 aliphatic rings. The van der Waals surface area contributed by atoms with Crippen LogP contribution in [-0.4, -0.2) is 30.8 Å². The fourth-order valence-electron chi connectivity index (χ4n) is 2.71. The third-order valence-electron chi connectivity index (χ3n) is 4.13. The van der Waals surface area contributed by atoms with Gasteiger partial charge in [-0.05, 0) is 67.2 Å². The van der Waals surface area contributed by atoms with Crippen LogP contribution in [0.4, 0.5) is 0 Å². The lowest BCUT2D eigenvalue weighted by Crippen LogP contribution is -2.17. The SMILES string of the molecule is CCOc1ccc2nc(Sc3ccc(/C=N\NC(=O)c4cccc(OC)c4)o3)sc2c1. The molecule has 0 fully saturated rings. The third kappa shape index (κ3) is 5.25. The molecule has 9 heteroatoms. The molecule has 4 aromatic rings. The number of benzene rings is 2. The van der Waals surface area contributed by atoms with Gasteiger partial charge in [-0.15, -0.1) is 11.3 Å². The molecule has 0 spiro atoms. The van der Waals surface area contributed by atoms with Crippen LogP contribution in [0, 0.1) is 0 Å². The fraction of sp³-hybridized carbons (Fsp3) is 0.136. The van der Waals surface area contributed by atoms with Gasteiger partial charge in [0.2, 0.25) is 0 Å². The number of thiazole rings is 1. The maximum atomic E-state index is 12.2. The highest BCUT2D eigenvalue weighted by Gasteiger charge is 2.10. The van der Waals surface area contributed by atoms with Crippen LogP contribution in [-0.2, 0) is 0 Å². The molecule has 0 saturated heterocycles. The molecule has 0 radical (unpaired) electrons. The highest BCUT2D eigenvalue weighted by atomic mass is 32.2. The van der Waals surface area contributed by atoms with Gasteiger partial charge in [0.1, 0.15) is 17.3 Å². The molecule has 4 rings (SSSR count). The minimum Gasteiger partial charge on any atom is -0.497 e. The second-order valence-corrected chi connectivity index (χ2v) is 8.51. The second kappa shape index (κ2) is 9.67. The highest BCUT2D eigenvalue weighted by Crippen LogP contribution is 2.36. The van der Waals surface area contributed by atoms with E-state index in [4.69, 9.17) is 13.9 Å². The molecule has 1 N–H and O–H groups in total. The topological polar surface area (TPSA) is 86.0 Å². The summed E-state index contributed by atoms with van der Waals surface area (Å²) in [5.41, 5.74) is 3.85. The lowest BCUT2D eigenvalue weighted by molar-refractivity contribution is 0.0954. The lowest BCUT2D eigenvalue weighted by Gasteiger charge is -2.02. The van der Waals surface area contributed by atoms with E-state index < -0.39 is 0 Å². The molecule has 0 saturated carbocycles. The van der Waals surface area contributed by atoms with Crippen molar-refractivity contribution in [2.24, 2.45) is 5.10 Å². The summed E-state index contributed by atoms with van der Waals surface area (Å²) in [6, 6.07) is 16.3. The van der Waals surface area contributed by atoms with Crippen molar-refractivity contribution in [3.8, 4) is 11.5 Å². The Morgan fingerprint density at radius 1 is 1.23 bits per heavy atom. The van der Waals surface area contributed by atoms with Crippen LogP contribution in [0.25, 0.3) is 10.2 Å². The normalized spacial score (nSPS) is 11.2. The van der Waals surface area contributed by atoms with E-state index >= 15 is 0 Å². The van der Waals surface area contributed by atoms with E-state index in [1.54, 1.807) is 48.8 Å². The van der Waals surface area contributed by atoms with E-state index in [0.717, 1.165) is 20.3 Å². The van der Waals surface area contributed by atoms with Crippen LogP contribution in [0.3, 0.4) is 0 Å². The van der Waals surface area contributed by atoms with Gasteiger partial charge in [0, 0.05) is 5.56 Å². The summed E-state index contributed by atoms with van der Waals surface area (Å²) in [4.78, 5) is 16.8. The zero-order chi connectivity index (χ0) is 21.6. The first kappa shape index (κ1) is 21.0. The maximum absolute atomic E-state index is 12.2. The number of furan rings is 1. The van der Waals surface area contributed by atoms with Gasteiger partial charge in [0.05, 0.1) is 30.1 Å². The zero-order valence-corrected chi connectivity index (χ0v) is 18.5. The molecule has 1 amide bonds. The summed E-state index contributed by atoms with van der Waals surface area (Å²) in [7, 11) is 1.55. The number of nitrogens with zero attached hydrogens (tertiary/aromatic N) is 2. The number of fused-ring (bicyclic) bond motifs is 1. The second-order valence-electron chi connectivity index (χ2n) is 6.23. The first-order valence-electron chi connectivity index (χ1n) is 9.43. The molecule has 2 aromatic heterocycles. The summed E-state index contributed by atoms with van der Waals surface area (Å²) >= 11 is 3.01. The Morgan fingerprint density at radius 2 is 2.13 bits per heavy atom. The van der Waals surface area contributed by atoms with E-state index in [-0.39, 0.29) is 5.91 Å². The van der Waals surface area contributed by atoms with Crippen molar-refractivity contribution in [3.05, 3.63) is 65.9 Å². The zero-order valence-electron chi connectivity index (χ0n) is 16.8. The molecule has 0 aliphatic carbocycles. The molecule has 0 bridgehead atoms. The number of hydrogen-bond acceptors (Lipinski definition) is 8. The number of ether oxygens (including phenoxy) is 2. The Kier molecular flexibility index (Phi) is 6.54. The molecular weight excluding hydrogens is 434 g/mol. The van der Waals surface area contributed by atoms with Crippen LogP contribution in [0.2, 0.25) is 0 Å². The number of carbonyl (C=O) groups excluding carboxylic acids is 1. The van der Waals surface area contributed by atoms with Gasteiger partial charge in [-0.3, -0.25) is 4.79 Å². The predicted molar refractivity (Wildman–Crippen MR) is 122 cm³/mol. The van der Waals surface area contributed by atoms with Crippen molar-refractivity contribution >= 4 is 45.4 Å². The Bertz CT molecular complexity index is 1230. The molecule has 2 heterocycles. The van der Waals surface area contributed by atoms with Crippen LogP contribution in [0.5, 0.6) is 11.5 Å². The molecule has 0 aliphatic heterocycles. The smallest absolute Gasteiger partial charge is 0.271 e. The van der Waals surface area contributed by atoms with Crippen molar-refractivity contribution in [1.82, 2.24) is 10.4 Å². The number of methoxy groups -OCH3 is 1.